The molecule has 21 heavy (non-hydrogen) atoms. The van der Waals surface area contributed by atoms with Crippen LogP contribution in [0.3, 0.4) is 0 Å². The predicted molar refractivity (Wildman–Crippen MR) is 92.7 cm³/mol. The Balaban J connectivity index is 2.05. The average Bonchev–Trinajstić information content (AvgIpc) is 2.47. The van der Waals surface area contributed by atoms with Gasteiger partial charge in [-0.15, -0.1) is 0 Å². The molecule has 2 rings (SSSR count). The summed E-state index contributed by atoms with van der Waals surface area (Å²) in [4.78, 5) is 0. The molecule has 2 N–H and O–H groups in total. The third kappa shape index (κ3) is 4.21. The molecule has 5 heteroatoms. The normalized spacial score (nSPS) is 25.9. The largest absolute Gasteiger partial charge is 0.494 e. The van der Waals surface area contributed by atoms with Crippen molar-refractivity contribution in [3.05, 3.63) is 26.6 Å². The van der Waals surface area contributed by atoms with Crippen LogP contribution in [0.2, 0.25) is 0 Å². The number of ether oxygens (including phenoxy) is 1. The van der Waals surface area contributed by atoms with Gasteiger partial charge in [-0.1, -0.05) is 6.92 Å². The molecular formula is C16H23Br2NO2. The van der Waals surface area contributed by atoms with E-state index < -0.39 is 0 Å². The molecule has 0 radical (unpaired) electrons. The smallest absolute Gasteiger partial charge is 0.147 e. The summed E-state index contributed by atoms with van der Waals surface area (Å²) in [6.07, 6.45) is 4.46. The van der Waals surface area contributed by atoms with Gasteiger partial charge in [-0.2, -0.15) is 0 Å². The van der Waals surface area contributed by atoms with Gasteiger partial charge in [0.15, 0.2) is 0 Å². The molecule has 1 aromatic carbocycles. The number of nitrogens with one attached hydrogen (secondary N) is 1. The molecule has 0 atom stereocenters. The van der Waals surface area contributed by atoms with Crippen molar-refractivity contribution in [2.24, 2.45) is 5.92 Å². The second-order valence-corrected chi connectivity index (χ2v) is 7.78. The van der Waals surface area contributed by atoms with Crippen LogP contribution in [0.15, 0.2) is 21.1 Å². The van der Waals surface area contributed by atoms with Crippen LogP contribution < -0.4 is 10.1 Å². The van der Waals surface area contributed by atoms with E-state index in [0.29, 0.717) is 0 Å². The van der Waals surface area contributed by atoms with E-state index in [1.807, 2.05) is 0 Å². The average molecular weight is 421 g/mol. The maximum Gasteiger partial charge on any atom is 0.147 e. The Kier molecular flexibility index (Phi) is 6.12. The number of methoxy groups -OCH3 is 1. The van der Waals surface area contributed by atoms with Gasteiger partial charge < -0.3 is 15.2 Å². The fourth-order valence-electron chi connectivity index (χ4n) is 2.90. The highest BCUT2D eigenvalue weighted by Gasteiger charge is 2.33. The molecule has 0 aliphatic heterocycles. The lowest BCUT2D eigenvalue weighted by Gasteiger charge is -2.39. The number of hydrogen-bond donors (Lipinski definition) is 2. The van der Waals surface area contributed by atoms with Crippen LogP contribution in [0.25, 0.3) is 0 Å². The number of benzene rings is 1. The van der Waals surface area contributed by atoms with Gasteiger partial charge in [0.1, 0.15) is 5.75 Å². The van der Waals surface area contributed by atoms with Crippen LogP contribution in [-0.2, 0) is 6.54 Å². The molecule has 0 heterocycles. The Morgan fingerprint density at radius 2 is 1.86 bits per heavy atom. The number of aliphatic hydroxyl groups is 1. The molecule has 0 spiro atoms. The molecule has 0 bridgehead atoms. The van der Waals surface area contributed by atoms with Crippen LogP contribution in [0.4, 0.5) is 0 Å². The summed E-state index contributed by atoms with van der Waals surface area (Å²) in [5.74, 6) is 1.58. The Bertz CT molecular complexity index is 462. The molecule has 1 aliphatic rings. The van der Waals surface area contributed by atoms with E-state index >= 15 is 0 Å². The van der Waals surface area contributed by atoms with E-state index in [1.165, 1.54) is 18.4 Å². The molecule has 1 fully saturated rings. The first-order valence-corrected chi connectivity index (χ1v) is 8.96. The predicted octanol–water partition coefficient (Wildman–Crippen LogP) is 4.25. The van der Waals surface area contributed by atoms with Gasteiger partial charge in [0.2, 0.25) is 0 Å². The summed E-state index contributed by atoms with van der Waals surface area (Å²) in [6.45, 7) is 3.24. The van der Waals surface area contributed by atoms with Crippen molar-refractivity contribution in [2.75, 3.05) is 13.7 Å². The van der Waals surface area contributed by atoms with Crippen molar-refractivity contribution in [3.63, 3.8) is 0 Å². The van der Waals surface area contributed by atoms with Crippen LogP contribution in [0, 0.1) is 5.92 Å². The fraction of sp³-hybridized carbons (Fsp3) is 0.625. The minimum atomic E-state index is -0.120. The molecule has 3 nitrogen and oxygen atoms in total. The van der Waals surface area contributed by atoms with Crippen molar-refractivity contribution in [2.45, 2.75) is 44.7 Å². The van der Waals surface area contributed by atoms with Gasteiger partial charge >= 0.3 is 0 Å². The van der Waals surface area contributed by atoms with Gasteiger partial charge in [0.05, 0.1) is 22.7 Å². The van der Waals surface area contributed by atoms with E-state index in [4.69, 9.17) is 4.74 Å². The minimum Gasteiger partial charge on any atom is -0.494 e. The highest BCUT2D eigenvalue weighted by Crippen LogP contribution is 2.35. The second-order valence-electron chi connectivity index (χ2n) is 6.07. The van der Waals surface area contributed by atoms with Crippen molar-refractivity contribution in [1.82, 2.24) is 5.32 Å². The number of halogens is 2. The lowest BCUT2D eigenvalue weighted by atomic mass is 9.77. The monoisotopic (exact) mass is 419 g/mol. The maximum atomic E-state index is 9.80. The standard InChI is InChI=1S/C16H23Br2NO2/c1-11-3-5-16(10-20,6-4-11)19-9-12-7-13(17)15(21-2)14(18)8-12/h7-8,11,19-20H,3-6,9-10H2,1-2H3. The zero-order chi connectivity index (χ0) is 15.5. The first-order chi connectivity index (χ1) is 9.99. The molecular weight excluding hydrogens is 398 g/mol. The zero-order valence-electron chi connectivity index (χ0n) is 12.6. The van der Waals surface area contributed by atoms with Crippen LogP contribution >= 0.6 is 31.9 Å². The Morgan fingerprint density at radius 3 is 2.33 bits per heavy atom. The topological polar surface area (TPSA) is 41.5 Å². The highest BCUT2D eigenvalue weighted by molar-refractivity contribution is 9.11. The van der Waals surface area contributed by atoms with Crippen LogP contribution in [0.1, 0.15) is 38.2 Å². The zero-order valence-corrected chi connectivity index (χ0v) is 15.8. The Hall–Kier alpha value is -0.100. The Labute approximate surface area is 143 Å². The molecule has 1 saturated carbocycles. The van der Waals surface area contributed by atoms with E-state index in [1.54, 1.807) is 7.11 Å². The third-order valence-electron chi connectivity index (χ3n) is 4.46. The molecule has 0 aromatic heterocycles. The summed E-state index contributed by atoms with van der Waals surface area (Å²) in [6, 6.07) is 4.13. The van der Waals surface area contributed by atoms with Gasteiger partial charge in [-0.25, -0.2) is 0 Å². The fourth-order valence-corrected chi connectivity index (χ4v) is 4.51. The van der Waals surface area contributed by atoms with Gasteiger partial charge in [-0.3, -0.25) is 0 Å². The second kappa shape index (κ2) is 7.44. The first-order valence-electron chi connectivity index (χ1n) is 7.37. The summed E-state index contributed by atoms with van der Waals surface area (Å²) in [5.41, 5.74) is 1.05. The number of aliphatic hydroxyl groups excluding tert-OH is 1. The maximum absolute atomic E-state index is 9.80. The summed E-state index contributed by atoms with van der Waals surface area (Å²) >= 11 is 7.06. The molecule has 0 unspecified atom stereocenters. The van der Waals surface area contributed by atoms with Gasteiger partial charge in [0.25, 0.3) is 0 Å². The van der Waals surface area contributed by atoms with Crippen molar-refractivity contribution < 1.29 is 9.84 Å². The number of hydrogen-bond acceptors (Lipinski definition) is 3. The first kappa shape index (κ1) is 17.3. The molecule has 0 saturated heterocycles. The lowest BCUT2D eigenvalue weighted by Crippen LogP contribution is -2.50. The summed E-state index contributed by atoms with van der Waals surface area (Å²) in [7, 11) is 1.66. The molecule has 118 valence electrons. The van der Waals surface area contributed by atoms with Crippen molar-refractivity contribution >= 4 is 31.9 Å². The minimum absolute atomic E-state index is 0.120. The highest BCUT2D eigenvalue weighted by atomic mass is 79.9. The van der Waals surface area contributed by atoms with E-state index in [-0.39, 0.29) is 12.1 Å². The molecule has 1 aromatic rings. The van der Waals surface area contributed by atoms with E-state index in [2.05, 4.69) is 56.2 Å². The third-order valence-corrected chi connectivity index (χ3v) is 5.64. The summed E-state index contributed by atoms with van der Waals surface area (Å²) in [5, 5.41) is 13.4. The quantitative estimate of drug-likeness (QED) is 0.747. The molecule has 1 aliphatic carbocycles. The van der Waals surface area contributed by atoms with Gasteiger partial charge in [-0.05, 0) is 81.2 Å². The SMILES string of the molecule is COc1c(Br)cc(CNC2(CO)CCC(C)CC2)cc1Br. The van der Waals surface area contributed by atoms with Crippen molar-refractivity contribution in [3.8, 4) is 5.75 Å². The van der Waals surface area contributed by atoms with Crippen LogP contribution in [0.5, 0.6) is 5.75 Å². The number of rotatable bonds is 5. The van der Waals surface area contributed by atoms with E-state index in [0.717, 1.165) is 40.0 Å². The summed E-state index contributed by atoms with van der Waals surface area (Å²) < 4.78 is 7.20. The van der Waals surface area contributed by atoms with Crippen molar-refractivity contribution in [1.29, 1.82) is 0 Å². The van der Waals surface area contributed by atoms with Gasteiger partial charge in [0, 0.05) is 12.1 Å². The Morgan fingerprint density at radius 1 is 1.29 bits per heavy atom. The molecule has 0 amide bonds. The lowest BCUT2D eigenvalue weighted by molar-refractivity contribution is 0.104. The van der Waals surface area contributed by atoms with Crippen LogP contribution in [-0.4, -0.2) is 24.4 Å². The van der Waals surface area contributed by atoms with E-state index in [9.17, 15) is 5.11 Å².